The van der Waals surface area contributed by atoms with Crippen molar-refractivity contribution >= 4 is 23.4 Å². The lowest BCUT2D eigenvalue weighted by molar-refractivity contribution is -0.133. The molecule has 1 aromatic carbocycles. The zero-order valence-corrected chi connectivity index (χ0v) is 16.9. The predicted octanol–water partition coefficient (Wildman–Crippen LogP) is 3.38. The molecule has 2 atom stereocenters. The summed E-state index contributed by atoms with van der Waals surface area (Å²) in [5, 5.41) is 3.57. The Morgan fingerprint density at radius 3 is 2.48 bits per heavy atom. The summed E-state index contributed by atoms with van der Waals surface area (Å²) in [4.78, 5) is 29.3. The highest BCUT2D eigenvalue weighted by molar-refractivity contribution is 6.30. The molecule has 0 bridgehead atoms. The lowest BCUT2D eigenvalue weighted by atomic mass is 10.0. The van der Waals surface area contributed by atoms with E-state index in [1.807, 2.05) is 17.0 Å². The molecule has 2 aliphatic heterocycles. The van der Waals surface area contributed by atoms with Crippen molar-refractivity contribution in [2.75, 3.05) is 26.2 Å². The Kier molecular flexibility index (Phi) is 7.13. The van der Waals surface area contributed by atoms with Crippen molar-refractivity contribution in [3.05, 3.63) is 34.9 Å². The molecule has 2 amide bonds. The average molecular weight is 392 g/mol. The molecule has 0 radical (unpaired) electrons. The van der Waals surface area contributed by atoms with Crippen LogP contribution in [-0.4, -0.2) is 53.8 Å². The third-order valence-electron chi connectivity index (χ3n) is 5.64. The highest BCUT2D eigenvalue weighted by Gasteiger charge is 2.32. The summed E-state index contributed by atoms with van der Waals surface area (Å²) < 4.78 is 0. The lowest BCUT2D eigenvalue weighted by Gasteiger charge is -2.33. The van der Waals surface area contributed by atoms with Crippen LogP contribution in [0.25, 0.3) is 0 Å². The molecule has 1 aromatic rings. The van der Waals surface area contributed by atoms with Crippen LogP contribution in [0.1, 0.15) is 57.1 Å². The van der Waals surface area contributed by atoms with E-state index >= 15 is 0 Å². The first-order valence-corrected chi connectivity index (χ1v) is 10.4. The van der Waals surface area contributed by atoms with Gasteiger partial charge in [-0.3, -0.25) is 9.59 Å². The molecule has 1 N–H and O–H groups in total. The SMILES string of the molecule is CC(=O)NC(CC(=O)N1CCCC1CN1CCCCC1)c1ccc(Cl)cc1. The van der Waals surface area contributed by atoms with Crippen LogP contribution in [0, 0.1) is 0 Å². The van der Waals surface area contributed by atoms with Crippen LogP contribution in [-0.2, 0) is 9.59 Å². The Hall–Kier alpha value is -1.59. The summed E-state index contributed by atoms with van der Waals surface area (Å²) in [5.74, 6) is -0.00255. The second kappa shape index (κ2) is 9.56. The van der Waals surface area contributed by atoms with Gasteiger partial charge in [0.1, 0.15) is 0 Å². The lowest BCUT2D eigenvalue weighted by Crippen LogP contribution is -2.45. The molecule has 148 valence electrons. The molecular weight excluding hydrogens is 362 g/mol. The maximum atomic E-state index is 13.1. The monoisotopic (exact) mass is 391 g/mol. The van der Waals surface area contributed by atoms with Crippen molar-refractivity contribution in [2.24, 2.45) is 0 Å². The van der Waals surface area contributed by atoms with Crippen molar-refractivity contribution in [3.8, 4) is 0 Å². The first kappa shape index (κ1) is 20.2. The second-order valence-corrected chi connectivity index (χ2v) is 8.19. The van der Waals surface area contributed by atoms with Crippen LogP contribution < -0.4 is 5.32 Å². The van der Waals surface area contributed by atoms with E-state index in [1.54, 1.807) is 12.1 Å². The average Bonchev–Trinajstić information content (AvgIpc) is 3.10. The van der Waals surface area contributed by atoms with Crippen molar-refractivity contribution in [1.29, 1.82) is 0 Å². The maximum absolute atomic E-state index is 13.1. The molecule has 0 aromatic heterocycles. The molecule has 27 heavy (non-hydrogen) atoms. The third kappa shape index (κ3) is 5.69. The molecular formula is C21H30ClN3O2. The van der Waals surface area contributed by atoms with Crippen LogP contribution in [0.3, 0.4) is 0 Å². The van der Waals surface area contributed by atoms with Gasteiger partial charge in [-0.1, -0.05) is 30.2 Å². The summed E-state index contributed by atoms with van der Waals surface area (Å²) in [6, 6.07) is 7.34. The number of hydrogen-bond acceptors (Lipinski definition) is 3. The fraction of sp³-hybridized carbons (Fsp3) is 0.619. The predicted molar refractivity (Wildman–Crippen MR) is 108 cm³/mol. The Bertz CT molecular complexity index is 643. The van der Waals surface area contributed by atoms with Gasteiger partial charge < -0.3 is 15.1 Å². The van der Waals surface area contributed by atoms with E-state index in [0.717, 1.165) is 44.6 Å². The minimum absolute atomic E-state index is 0.128. The van der Waals surface area contributed by atoms with E-state index in [1.165, 1.54) is 26.2 Å². The topological polar surface area (TPSA) is 52.7 Å². The zero-order chi connectivity index (χ0) is 19.2. The van der Waals surface area contributed by atoms with Crippen LogP contribution in [0.5, 0.6) is 0 Å². The molecule has 2 heterocycles. The number of carbonyl (C=O) groups is 2. The summed E-state index contributed by atoms with van der Waals surface area (Å²) in [5.41, 5.74) is 0.912. The number of piperidine rings is 1. The Balaban J connectivity index is 1.64. The van der Waals surface area contributed by atoms with Gasteiger partial charge in [0.15, 0.2) is 0 Å². The number of halogens is 1. The zero-order valence-electron chi connectivity index (χ0n) is 16.1. The first-order valence-electron chi connectivity index (χ1n) is 10.1. The number of carbonyl (C=O) groups excluding carboxylic acids is 2. The molecule has 2 saturated heterocycles. The molecule has 5 nitrogen and oxygen atoms in total. The quantitative estimate of drug-likeness (QED) is 0.808. The minimum Gasteiger partial charge on any atom is -0.349 e. The number of nitrogens with one attached hydrogen (secondary N) is 1. The number of amides is 2. The molecule has 3 rings (SSSR count). The molecule has 0 aliphatic carbocycles. The summed E-state index contributed by atoms with van der Waals surface area (Å²) in [6.45, 7) is 5.60. The van der Waals surface area contributed by atoms with Crippen LogP contribution in [0.4, 0.5) is 0 Å². The van der Waals surface area contributed by atoms with Crippen molar-refractivity contribution in [1.82, 2.24) is 15.1 Å². The van der Waals surface area contributed by atoms with Gasteiger partial charge in [0.05, 0.1) is 12.5 Å². The first-order chi connectivity index (χ1) is 13.0. The Labute approximate surface area is 167 Å². The van der Waals surface area contributed by atoms with Gasteiger partial charge in [-0.25, -0.2) is 0 Å². The summed E-state index contributed by atoms with van der Waals surface area (Å²) in [6.07, 6.45) is 6.29. The fourth-order valence-electron chi connectivity index (χ4n) is 4.28. The normalized spacial score (nSPS) is 21.9. The van der Waals surface area contributed by atoms with Gasteiger partial charge in [0, 0.05) is 31.1 Å². The van der Waals surface area contributed by atoms with E-state index in [4.69, 9.17) is 11.6 Å². The standard InChI is InChI=1S/C21H30ClN3O2/c1-16(26)23-20(17-7-9-18(22)10-8-17)14-21(27)25-13-5-6-19(25)15-24-11-3-2-4-12-24/h7-10,19-20H,2-6,11-15H2,1H3,(H,23,26). The molecule has 2 aliphatic rings. The highest BCUT2D eigenvalue weighted by atomic mass is 35.5. The number of rotatable bonds is 6. The van der Waals surface area contributed by atoms with Gasteiger partial charge in [0.25, 0.3) is 0 Å². The smallest absolute Gasteiger partial charge is 0.225 e. The van der Waals surface area contributed by atoms with Gasteiger partial charge >= 0.3 is 0 Å². The Morgan fingerprint density at radius 1 is 1.11 bits per heavy atom. The van der Waals surface area contributed by atoms with Crippen LogP contribution in [0.2, 0.25) is 5.02 Å². The molecule has 6 heteroatoms. The van der Waals surface area contributed by atoms with Crippen LogP contribution in [0.15, 0.2) is 24.3 Å². The summed E-state index contributed by atoms with van der Waals surface area (Å²) in [7, 11) is 0. The second-order valence-electron chi connectivity index (χ2n) is 7.75. The number of likely N-dealkylation sites (tertiary alicyclic amines) is 2. The minimum atomic E-state index is -0.316. The van der Waals surface area contributed by atoms with E-state index in [-0.39, 0.29) is 24.3 Å². The van der Waals surface area contributed by atoms with Crippen molar-refractivity contribution in [3.63, 3.8) is 0 Å². The number of benzene rings is 1. The molecule has 0 saturated carbocycles. The van der Waals surface area contributed by atoms with Crippen molar-refractivity contribution < 1.29 is 9.59 Å². The summed E-state index contributed by atoms with van der Waals surface area (Å²) >= 11 is 5.98. The molecule has 2 fully saturated rings. The van der Waals surface area contributed by atoms with Gasteiger partial charge in [-0.2, -0.15) is 0 Å². The van der Waals surface area contributed by atoms with E-state index in [2.05, 4.69) is 10.2 Å². The van der Waals surface area contributed by atoms with E-state index < -0.39 is 0 Å². The van der Waals surface area contributed by atoms with Crippen LogP contribution >= 0.6 is 11.6 Å². The molecule has 2 unspecified atom stereocenters. The highest BCUT2D eigenvalue weighted by Crippen LogP contribution is 2.25. The fourth-order valence-corrected chi connectivity index (χ4v) is 4.40. The maximum Gasteiger partial charge on any atom is 0.225 e. The van der Waals surface area contributed by atoms with Gasteiger partial charge in [0.2, 0.25) is 11.8 Å². The largest absolute Gasteiger partial charge is 0.349 e. The third-order valence-corrected chi connectivity index (χ3v) is 5.90. The Morgan fingerprint density at radius 2 is 1.81 bits per heavy atom. The van der Waals surface area contributed by atoms with E-state index in [0.29, 0.717) is 11.1 Å². The van der Waals surface area contributed by atoms with Gasteiger partial charge in [-0.15, -0.1) is 0 Å². The van der Waals surface area contributed by atoms with Gasteiger partial charge in [-0.05, 0) is 56.5 Å². The number of nitrogens with zero attached hydrogens (tertiary/aromatic N) is 2. The van der Waals surface area contributed by atoms with Crippen molar-refractivity contribution in [2.45, 2.75) is 57.5 Å². The number of hydrogen-bond donors (Lipinski definition) is 1. The van der Waals surface area contributed by atoms with E-state index in [9.17, 15) is 9.59 Å². The molecule has 0 spiro atoms.